The molecular formula is C14H16Br2N4. The van der Waals surface area contributed by atoms with Crippen LogP contribution in [-0.4, -0.2) is 22.0 Å². The van der Waals surface area contributed by atoms with Crippen LogP contribution >= 0.6 is 31.9 Å². The van der Waals surface area contributed by atoms with Gasteiger partial charge in [-0.05, 0) is 37.9 Å². The summed E-state index contributed by atoms with van der Waals surface area (Å²) >= 11 is 6.91. The van der Waals surface area contributed by atoms with Crippen LogP contribution in [0.25, 0.3) is 11.5 Å². The van der Waals surface area contributed by atoms with Gasteiger partial charge >= 0.3 is 0 Å². The van der Waals surface area contributed by atoms with E-state index in [9.17, 15) is 0 Å². The molecule has 106 valence electrons. The highest BCUT2D eigenvalue weighted by atomic mass is 79.9. The third kappa shape index (κ3) is 3.35. The van der Waals surface area contributed by atoms with E-state index in [1.54, 1.807) is 6.20 Å². The summed E-state index contributed by atoms with van der Waals surface area (Å²) in [6, 6.07) is 3.91. The Labute approximate surface area is 135 Å². The largest absolute Gasteiger partial charge is 0.373 e. The Bertz CT molecular complexity index is 636. The van der Waals surface area contributed by atoms with Crippen molar-refractivity contribution in [2.75, 3.05) is 12.4 Å². The fraction of sp³-hybridized carbons (Fsp3) is 0.357. The van der Waals surface area contributed by atoms with Crippen molar-refractivity contribution in [2.45, 2.75) is 26.2 Å². The van der Waals surface area contributed by atoms with Crippen LogP contribution < -0.4 is 5.32 Å². The first kappa shape index (κ1) is 15.4. The topological polar surface area (TPSA) is 50.7 Å². The molecule has 1 N–H and O–H groups in total. The van der Waals surface area contributed by atoms with Crippen molar-refractivity contribution >= 4 is 37.7 Å². The molecule has 6 heteroatoms. The quantitative estimate of drug-likeness (QED) is 0.812. The van der Waals surface area contributed by atoms with Crippen LogP contribution in [0.3, 0.4) is 0 Å². The van der Waals surface area contributed by atoms with Crippen molar-refractivity contribution in [3.63, 3.8) is 0 Å². The Kier molecular flexibility index (Phi) is 4.44. The molecule has 2 aromatic rings. The van der Waals surface area contributed by atoms with E-state index in [4.69, 9.17) is 0 Å². The fourth-order valence-electron chi connectivity index (χ4n) is 1.64. The maximum Gasteiger partial charge on any atom is 0.181 e. The SMILES string of the molecule is CNc1cc(C(C)(C)C)nc(-c2ncc(Br)cc2Br)n1. The van der Waals surface area contributed by atoms with Crippen LogP contribution in [0.1, 0.15) is 26.5 Å². The molecule has 0 spiro atoms. The zero-order valence-corrected chi connectivity index (χ0v) is 15.0. The van der Waals surface area contributed by atoms with Crippen LogP contribution in [0.2, 0.25) is 0 Å². The van der Waals surface area contributed by atoms with Gasteiger partial charge in [-0.3, -0.25) is 4.98 Å². The molecule has 0 saturated carbocycles. The molecule has 0 bridgehead atoms. The first-order chi connectivity index (χ1) is 9.31. The molecule has 2 aromatic heterocycles. The van der Waals surface area contributed by atoms with Gasteiger partial charge in [0.2, 0.25) is 0 Å². The number of nitrogens with one attached hydrogen (secondary N) is 1. The molecule has 0 saturated heterocycles. The Balaban J connectivity index is 2.61. The molecule has 0 atom stereocenters. The second-order valence-electron chi connectivity index (χ2n) is 5.45. The van der Waals surface area contributed by atoms with Crippen LogP contribution in [0.5, 0.6) is 0 Å². The number of hydrogen-bond donors (Lipinski definition) is 1. The molecule has 0 aliphatic rings. The van der Waals surface area contributed by atoms with Gasteiger partial charge in [-0.15, -0.1) is 0 Å². The zero-order valence-electron chi connectivity index (χ0n) is 11.8. The molecule has 20 heavy (non-hydrogen) atoms. The highest BCUT2D eigenvalue weighted by Gasteiger charge is 2.19. The van der Waals surface area contributed by atoms with E-state index in [2.05, 4.69) is 72.9 Å². The lowest BCUT2D eigenvalue weighted by Gasteiger charge is -2.19. The predicted molar refractivity (Wildman–Crippen MR) is 88.9 cm³/mol. The average Bonchev–Trinajstić information content (AvgIpc) is 2.37. The Morgan fingerprint density at radius 3 is 2.35 bits per heavy atom. The van der Waals surface area contributed by atoms with Crippen molar-refractivity contribution in [1.82, 2.24) is 15.0 Å². The summed E-state index contributed by atoms with van der Waals surface area (Å²) in [4.78, 5) is 13.6. The number of pyridine rings is 1. The van der Waals surface area contributed by atoms with Crippen molar-refractivity contribution in [1.29, 1.82) is 0 Å². The number of anilines is 1. The lowest BCUT2D eigenvalue weighted by Crippen LogP contribution is -2.15. The minimum atomic E-state index is -0.0505. The summed E-state index contributed by atoms with van der Waals surface area (Å²) in [6.07, 6.45) is 1.74. The minimum absolute atomic E-state index is 0.0505. The molecule has 2 rings (SSSR count). The Morgan fingerprint density at radius 1 is 1.10 bits per heavy atom. The van der Waals surface area contributed by atoms with E-state index in [0.717, 1.165) is 26.2 Å². The van der Waals surface area contributed by atoms with E-state index in [-0.39, 0.29) is 5.41 Å². The molecule has 0 aromatic carbocycles. The summed E-state index contributed by atoms with van der Waals surface area (Å²) in [6.45, 7) is 6.38. The van der Waals surface area contributed by atoms with Gasteiger partial charge in [0.25, 0.3) is 0 Å². The normalized spacial score (nSPS) is 11.5. The number of halogens is 2. The monoisotopic (exact) mass is 398 g/mol. The zero-order chi connectivity index (χ0) is 14.9. The van der Waals surface area contributed by atoms with Crippen LogP contribution in [0.4, 0.5) is 5.82 Å². The second kappa shape index (κ2) is 5.77. The number of rotatable bonds is 2. The Hall–Kier alpha value is -1.01. The first-order valence-corrected chi connectivity index (χ1v) is 7.78. The van der Waals surface area contributed by atoms with Crippen molar-refractivity contribution in [3.8, 4) is 11.5 Å². The van der Waals surface area contributed by atoms with Gasteiger partial charge in [0.05, 0.1) is 5.69 Å². The molecule has 0 amide bonds. The molecule has 4 nitrogen and oxygen atoms in total. The van der Waals surface area contributed by atoms with E-state index >= 15 is 0 Å². The van der Waals surface area contributed by atoms with Gasteiger partial charge in [0.15, 0.2) is 5.82 Å². The van der Waals surface area contributed by atoms with Gasteiger partial charge in [0, 0.05) is 33.7 Å². The van der Waals surface area contributed by atoms with Crippen molar-refractivity contribution in [3.05, 3.63) is 33.0 Å². The smallest absolute Gasteiger partial charge is 0.181 e. The lowest BCUT2D eigenvalue weighted by molar-refractivity contribution is 0.568. The molecule has 0 unspecified atom stereocenters. The van der Waals surface area contributed by atoms with E-state index in [1.807, 2.05) is 19.2 Å². The third-order valence-corrected chi connectivity index (χ3v) is 3.81. The summed E-state index contributed by atoms with van der Waals surface area (Å²) in [7, 11) is 1.85. The molecule has 0 aliphatic carbocycles. The van der Waals surface area contributed by atoms with E-state index < -0.39 is 0 Å². The number of hydrogen-bond acceptors (Lipinski definition) is 4. The first-order valence-electron chi connectivity index (χ1n) is 6.20. The maximum atomic E-state index is 4.65. The average molecular weight is 400 g/mol. The third-order valence-electron chi connectivity index (χ3n) is 2.77. The lowest BCUT2D eigenvalue weighted by atomic mass is 9.92. The highest BCUT2D eigenvalue weighted by Crippen LogP contribution is 2.29. The maximum absolute atomic E-state index is 4.65. The van der Waals surface area contributed by atoms with Crippen LogP contribution in [-0.2, 0) is 5.41 Å². The summed E-state index contributed by atoms with van der Waals surface area (Å²) in [5.74, 6) is 1.40. The molecular weight excluding hydrogens is 384 g/mol. The van der Waals surface area contributed by atoms with Gasteiger partial charge in [-0.2, -0.15) is 0 Å². The van der Waals surface area contributed by atoms with E-state index in [1.165, 1.54) is 0 Å². The van der Waals surface area contributed by atoms with Gasteiger partial charge in [-0.1, -0.05) is 20.8 Å². The summed E-state index contributed by atoms with van der Waals surface area (Å²) < 4.78 is 1.77. The van der Waals surface area contributed by atoms with Crippen LogP contribution in [0.15, 0.2) is 27.3 Å². The second-order valence-corrected chi connectivity index (χ2v) is 7.22. The molecule has 2 heterocycles. The molecule has 0 aliphatic heterocycles. The Morgan fingerprint density at radius 2 is 1.80 bits per heavy atom. The predicted octanol–water partition coefficient (Wildman–Crippen LogP) is 4.40. The summed E-state index contributed by atoms with van der Waals surface area (Å²) in [5, 5.41) is 3.08. The van der Waals surface area contributed by atoms with Gasteiger partial charge < -0.3 is 5.32 Å². The fourth-order valence-corrected chi connectivity index (χ4v) is 2.81. The van der Waals surface area contributed by atoms with Gasteiger partial charge in [-0.25, -0.2) is 9.97 Å². The minimum Gasteiger partial charge on any atom is -0.373 e. The summed E-state index contributed by atoms with van der Waals surface area (Å²) in [5.41, 5.74) is 1.66. The van der Waals surface area contributed by atoms with Crippen molar-refractivity contribution < 1.29 is 0 Å². The molecule has 0 radical (unpaired) electrons. The standard InChI is InChI=1S/C14H16Br2N4/c1-14(2,3)10-6-11(17-4)20-13(19-10)12-9(16)5-8(15)7-18-12/h5-7H,1-4H3,(H,17,19,20). The molecule has 0 fully saturated rings. The number of aromatic nitrogens is 3. The van der Waals surface area contributed by atoms with Gasteiger partial charge in [0.1, 0.15) is 11.5 Å². The number of nitrogens with zero attached hydrogens (tertiary/aromatic N) is 3. The van der Waals surface area contributed by atoms with E-state index in [0.29, 0.717) is 5.82 Å². The van der Waals surface area contributed by atoms with Crippen molar-refractivity contribution in [2.24, 2.45) is 0 Å². The van der Waals surface area contributed by atoms with Crippen LogP contribution in [0, 0.1) is 0 Å². The highest BCUT2D eigenvalue weighted by molar-refractivity contribution is 9.11.